The van der Waals surface area contributed by atoms with Crippen molar-refractivity contribution in [2.75, 3.05) is 26.3 Å². The van der Waals surface area contributed by atoms with E-state index in [2.05, 4.69) is 34.6 Å². The lowest BCUT2D eigenvalue weighted by Crippen LogP contribution is -2.42. The van der Waals surface area contributed by atoms with Crippen molar-refractivity contribution in [3.05, 3.63) is 17.0 Å². The summed E-state index contributed by atoms with van der Waals surface area (Å²) >= 11 is 0. The van der Waals surface area contributed by atoms with Gasteiger partial charge in [0.2, 0.25) is 0 Å². The molecule has 1 unspecified atom stereocenters. The van der Waals surface area contributed by atoms with Crippen LogP contribution in [0.1, 0.15) is 50.6 Å². The average molecular weight is 352 g/mol. The highest BCUT2D eigenvalue weighted by atomic mass is 16.5. The summed E-state index contributed by atoms with van der Waals surface area (Å²) in [6.45, 7) is 8.92. The van der Waals surface area contributed by atoms with Crippen molar-refractivity contribution in [1.82, 2.24) is 15.8 Å². The molecule has 7 heteroatoms. The molecule has 0 saturated heterocycles. The molecule has 1 aliphatic rings. The lowest BCUT2D eigenvalue weighted by atomic mass is 10.1. The number of aliphatic hydroxyl groups excluding tert-OH is 1. The van der Waals surface area contributed by atoms with Crippen molar-refractivity contribution in [1.29, 1.82) is 0 Å². The summed E-state index contributed by atoms with van der Waals surface area (Å²) in [6.07, 6.45) is 3.60. The van der Waals surface area contributed by atoms with Gasteiger partial charge >= 0.3 is 0 Å². The van der Waals surface area contributed by atoms with Crippen LogP contribution in [0.5, 0.6) is 0 Å². The van der Waals surface area contributed by atoms with Gasteiger partial charge in [-0.25, -0.2) is 4.99 Å². The van der Waals surface area contributed by atoms with Crippen LogP contribution in [0.3, 0.4) is 0 Å². The van der Waals surface area contributed by atoms with Crippen LogP contribution in [0.2, 0.25) is 0 Å². The zero-order valence-corrected chi connectivity index (χ0v) is 15.7. The summed E-state index contributed by atoms with van der Waals surface area (Å²) in [5.41, 5.74) is 2.03. The first-order chi connectivity index (χ1) is 12.2. The molecule has 1 fully saturated rings. The van der Waals surface area contributed by atoms with E-state index >= 15 is 0 Å². The predicted octanol–water partition coefficient (Wildman–Crippen LogP) is 1.64. The Labute approximate surface area is 150 Å². The second-order valence-electron chi connectivity index (χ2n) is 6.45. The van der Waals surface area contributed by atoms with E-state index in [9.17, 15) is 5.11 Å². The lowest BCUT2D eigenvalue weighted by Gasteiger charge is -2.15. The monoisotopic (exact) mass is 352 g/mol. The molecule has 1 atom stereocenters. The van der Waals surface area contributed by atoms with Crippen LogP contribution in [0.25, 0.3) is 0 Å². The van der Waals surface area contributed by atoms with Gasteiger partial charge in [0.05, 0.1) is 24.9 Å². The van der Waals surface area contributed by atoms with E-state index in [0.717, 1.165) is 43.0 Å². The van der Waals surface area contributed by atoms with Crippen LogP contribution < -0.4 is 10.6 Å². The van der Waals surface area contributed by atoms with Crippen molar-refractivity contribution in [3.63, 3.8) is 0 Å². The summed E-state index contributed by atoms with van der Waals surface area (Å²) in [5, 5.41) is 20.5. The Hall–Kier alpha value is -1.60. The zero-order valence-electron chi connectivity index (χ0n) is 15.7. The minimum Gasteiger partial charge on any atom is -0.389 e. The van der Waals surface area contributed by atoms with Crippen molar-refractivity contribution in [2.24, 2.45) is 10.9 Å². The molecule has 0 aromatic carbocycles. The minimum absolute atomic E-state index is 0.356. The Morgan fingerprint density at radius 2 is 2.12 bits per heavy atom. The number of ether oxygens (including phenoxy) is 1. The number of aliphatic imine (C=N–C) groups is 1. The third-order valence-corrected chi connectivity index (χ3v) is 4.21. The second-order valence-corrected chi connectivity index (χ2v) is 6.45. The van der Waals surface area contributed by atoms with E-state index in [1.807, 2.05) is 6.92 Å². The van der Waals surface area contributed by atoms with Crippen LogP contribution in [0.4, 0.5) is 0 Å². The molecule has 1 heterocycles. The number of hydrogen-bond donors (Lipinski definition) is 3. The minimum atomic E-state index is -0.546. The van der Waals surface area contributed by atoms with Crippen LogP contribution in [0, 0.1) is 5.92 Å². The molecule has 2 rings (SSSR count). The van der Waals surface area contributed by atoms with E-state index in [4.69, 9.17) is 9.26 Å². The number of aromatic nitrogens is 1. The molecule has 0 spiro atoms. The number of aliphatic hydroxyl groups is 1. The summed E-state index contributed by atoms with van der Waals surface area (Å²) in [7, 11) is 0. The highest BCUT2D eigenvalue weighted by Gasteiger charge is 2.21. The van der Waals surface area contributed by atoms with Crippen molar-refractivity contribution < 1.29 is 14.4 Å². The van der Waals surface area contributed by atoms with Gasteiger partial charge in [0.15, 0.2) is 5.96 Å². The summed E-state index contributed by atoms with van der Waals surface area (Å²) < 4.78 is 10.9. The molecular formula is C18H32N4O3. The van der Waals surface area contributed by atoms with Crippen LogP contribution in [-0.2, 0) is 24.1 Å². The Balaban J connectivity index is 1.83. The fraction of sp³-hybridized carbons (Fsp3) is 0.778. The number of guanidine groups is 1. The summed E-state index contributed by atoms with van der Waals surface area (Å²) in [4.78, 5) is 4.61. The molecule has 0 aliphatic heterocycles. The van der Waals surface area contributed by atoms with Crippen molar-refractivity contribution in [2.45, 2.75) is 59.1 Å². The standard InChI is InChI=1S/C18H32N4O3/c1-4-16-15(17(5-2)25-22-16)10-21-18(19-6-3)20-9-14(23)12-24-11-13-7-8-13/h13-14,23H,4-12H2,1-3H3,(H2,19,20,21). The van der Waals surface area contributed by atoms with E-state index in [1.165, 1.54) is 12.8 Å². The fourth-order valence-electron chi connectivity index (χ4n) is 2.55. The SMILES string of the molecule is CCNC(=NCc1c(CC)noc1CC)NCC(O)COCC1CC1. The van der Waals surface area contributed by atoms with Gasteiger partial charge in [-0.1, -0.05) is 19.0 Å². The summed E-state index contributed by atoms with van der Waals surface area (Å²) in [5.74, 6) is 2.28. The third-order valence-electron chi connectivity index (χ3n) is 4.21. The molecule has 1 aromatic rings. The smallest absolute Gasteiger partial charge is 0.191 e. The molecule has 25 heavy (non-hydrogen) atoms. The van der Waals surface area contributed by atoms with Crippen molar-refractivity contribution >= 4 is 5.96 Å². The lowest BCUT2D eigenvalue weighted by molar-refractivity contribution is 0.0345. The Morgan fingerprint density at radius 1 is 1.32 bits per heavy atom. The Bertz CT molecular complexity index is 519. The normalized spacial score (nSPS) is 16.1. The largest absolute Gasteiger partial charge is 0.389 e. The van der Waals surface area contributed by atoms with Gasteiger partial charge < -0.3 is 25.0 Å². The van der Waals surface area contributed by atoms with E-state index in [-0.39, 0.29) is 0 Å². The topological polar surface area (TPSA) is 91.9 Å². The number of rotatable bonds is 11. The first-order valence-electron chi connectivity index (χ1n) is 9.42. The van der Waals surface area contributed by atoms with Gasteiger partial charge in [0.1, 0.15) is 5.76 Å². The van der Waals surface area contributed by atoms with Gasteiger partial charge in [0.25, 0.3) is 0 Å². The Morgan fingerprint density at radius 3 is 2.76 bits per heavy atom. The molecular weight excluding hydrogens is 320 g/mol. The number of aryl methyl sites for hydroxylation is 2. The van der Waals surface area contributed by atoms with Crippen LogP contribution >= 0.6 is 0 Å². The van der Waals surface area contributed by atoms with Crippen molar-refractivity contribution in [3.8, 4) is 0 Å². The maximum Gasteiger partial charge on any atom is 0.191 e. The molecule has 0 radical (unpaired) electrons. The maximum atomic E-state index is 10.0. The zero-order chi connectivity index (χ0) is 18.1. The van der Waals surface area contributed by atoms with Gasteiger partial charge in [0, 0.05) is 31.7 Å². The molecule has 7 nitrogen and oxygen atoms in total. The number of hydrogen-bond acceptors (Lipinski definition) is 5. The molecule has 3 N–H and O–H groups in total. The van der Waals surface area contributed by atoms with Gasteiger partial charge in [-0.3, -0.25) is 0 Å². The fourth-order valence-corrected chi connectivity index (χ4v) is 2.55. The average Bonchev–Trinajstić information content (AvgIpc) is 3.35. The van der Waals surface area contributed by atoms with Gasteiger partial charge in [-0.15, -0.1) is 0 Å². The van der Waals surface area contributed by atoms with E-state index < -0.39 is 6.10 Å². The van der Waals surface area contributed by atoms with Gasteiger partial charge in [-0.2, -0.15) is 0 Å². The first kappa shape index (κ1) is 19.7. The molecule has 142 valence electrons. The second kappa shape index (κ2) is 10.4. The number of nitrogens with one attached hydrogen (secondary N) is 2. The molecule has 1 aliphatic carbocycles. The summed E-state index contributed by atoms with van der Waals surface area (Å²) in [6, 6.07) is 0. The molecule has 0 amide bonds. The maximum absolute atomic E-state index is 10.0. The number of nitrogens with zero attached hydrogens (tertiary/aromatic N) is 2. The highest BCUT2D eigenvalue weighted by Crippen LogP contribution is 2.28. The van der Waals surface area contributed by atoms with Gasteiger partial charge in [-0.05, 0) is 32.1 Å². The van der Waals surface area contributed by atoms with E-state index in [0.29, 0.717) is 31.6 Å². The molecule has 1 saturated carbocycles. The van der Waals surface area contributed by atoms with Crippen LogP contribution in [0.15, 0.2) is 9.52 Å². The molecule has 0 bridgehead atoms. The highest BCUT2D eigenvalue weighted by molar-refractivity contribution is 5.79. The third kappa shape index (κ3) is 6.66. The van der Waals surface area contributed by atoms with E-state index in [1.54, 1.807) is 0 Å². The molecule has 1 aromatic heterocycles. The first-order valence-corrected chi connectivity index (χ1v) is 9.42. The predicted molar refractivity (Wildman–Crippen MR) is 97.6 cm³/mol. The quantitative estimate of drug-likeness (QED) is 0.414. The van der Waals surface area contributed by atoms with Crippen LogP contribution in [-0.4, -0.2) is 48.6 Å². The Kier molecular flexibility index (Phi) is 8.21.